The third-order valence-electron chi connectivity index (χ3n) is 5.38. The number of amides is 1. The summed E-state index contributed by atoms with van der Waals surface area (Å²) in [5, 5.41) is 4.80. The zero-order valence-corrected chi connectivity index (χ0v) is 17.1. The van der Waals surface area contributed by atoms with Crippen molar-refractivity contribution in [2.24, 2.45) is 0 Å². The molecule has 0 spiro atoms. The van der Waals surface area contributed by atoms with Crippen LogP contribution in [-0.2, 0) is 17.6 Å². The number of benzene rings is 1. The maximum Gasteiger partial charge on any atom is 0.410 e. The van der Waals surface area contributed by atoms with Gasteiger partial charge in [-0.25, -0.2) is 9.48 Å². The summed E-state index contributed by atoms with van der Waals surface area (Å²) < 4.78 is 7.49. The number of nitrogens with zero attached hydrogens (tertiary/aromatic N) is 4. The Bertz CT molecular complexity index is 804. The first-order valence-corrected chi connectivity index (χ1v) is 10.3. The average molecular weight is 383 g/mol. The van der Waals surface area contributed by atoms with Gasteiger partial charge in [0.25, 0.3) is 0 Å². The number of anilines is 1. The molecule has 0 aliphatic carbocycles. The second-order valence-electron chi connectivity index (χ2n) is 8.72. The van der Waals surface area contributed by atoms with Gasteiger partial charge < -0.3 is 14.5 Å². The highest BCUT2D eigenvalue weighted by atomic mass is 16.6. The first kappa shape index (κ1) is 18.8. The molecule has 0 radical (unpaired) electrons. The quantitative estimate of drug-likeness (QED) is 0.793. The Hall–Kier alpha value is -2.50. The van der Waals surface area contributed by atoms with Gasteiger partial charge in [0.1, 0.15) is 5.60 Å². The standard InChI is InChI=1S/C22H30N4O2/c1-22(2,3)28-21(27)25-14-10-17-16-26(23-20(17)11-15-25)19-8-6-18(7-9-19)24-12-4-5-13-24/h6-9,16H,4-5,10-15H2,1-3H3. The Kier molecular flexibility index (Phi) is 5.04. The fraction of sp³-hybridized carbons (Fsp3) is 0.545. The molecule has 1 amide bonds. The minimum Gasteiger partial charge on any atom is -0.444 e. The molecule has 1 fully saturated rings. The number of rotatable bonds is 2. The number of hydrogen-bond donors (Lipinski definition) is 0. The lowest BCUT2D eigenvalue weighted by Crippen LogP contribution is -2.38. The van der Waals surface area contributed by atoms with E-state index in [0.29, 0.717) is 13.1 Å². The van der Waals surface area contributed by atoms with E-state index in [2.05, 4.69) is 35.4 Å². The Balaban J connectivity index is 1.43. The topological polar surface area (TPSA) is 50.6 Å². The van der Waals surface area contributed by atoms with Crippen LogP contribution in [0.5, 0.6) is 0 Å². The van der Waals surface area contributed by atoms with Crippen molar-refractivity contribution in [3.05, 3.63) is 41.7 Å². The van der Waals surface area contributed by atoms with Crippen molar-refractivity contribution in [1.82, 2.24) is 14.7 Å². The monoisotopic (exact) mass is 382 g/mol. The van der Waals surface area contributed by atoms with Gasteiger partial charge in [0, 0.05) is 44.5 Å². The molecule has 0 bridgehead atoms. The van der Waals surface area contributed by atoms with Gasteiger partial charge in [-0.2, -0.15) is 5.10 Å². The summed E-state index contributed by atoms with van der Waals surface area (Å²) in [6.45, 7) is 9.33. The van der Waals surface area contributed by atoms with Gasteiger partial charge >= 0.3 is 6.09 Å². The second-order valence-corrected chi connectivity index (χ2v) is 8.72. The van der Waals surface area contributed by atoms with Gasteiger partial charge in [0.2, 0.25) is 0 Å². The first-order valence-electron chi connectivity index (χ1n) is 10.3. The lowest BCUT2D eigenvalue weighted by Gasteiger charge is -2.26. The molecular weight excluding hydrogens is 352 g/mol. The lowest BCUT2D eigenvalue weighted by atomic mass is 10.2. The Morgan fingerprint density at radius 3 is 2.29 bits per heavy atom. The van der Waals surface area contributed by atoms with Crippen LogP contribution >= 0.6 is 0 Å². The molecule has 4 rings (SSSR count). The molecule has 0 saturated carbocycles. The SMILES string of the molecule is CC(C)(C)OC(=O)N1CCc2cn(-c3ccc(N4CCCC4)cc3)nc2CC1. The van der Waals surface area contributed by atoms with Crippen LogP contribution in [0.4, 0.5) is 10.5 Å². The number of ether oxygens (including phenoxy) is 1. The van der Waals surface area contributed by atoms with Gasteiger partial charge in [-0.15, -0.1) is 0 Å². The van der Waals surface area contributed by atoms with Gasteiger partial charge in [0.15, 0.2) is 0 Å². The van der Waals surface area contributed by atoms with Crippen LogP contribution in [0.2, 0.25) is 0 Å². The molecule has 0 unspecified atom stereocenters. The summed E-state index contributed by atoms with van der Waals surface area (Å²) in [6, 6.07) is 8.68. The third kappa shape index (κ3) is 4.16. The minimum atomic E-state index is -0.464. The Morgan fingerprint density at radius 2 is 1.61 bits per heavy atom. The predicted molar refractivity (Wildman–Crippen MR) is 110 cm³/mol. The van der Waals surface area contributed by atoms with E-state index < -0.39 is 5.60 Å². The number of carbonyl (C=O) groups excluding carboxylic acids is 1. The first-order chi connectivity index (χ1) is 13.4. The van der Waals surface area contributed by atoms with E-state index in [1.807, 2.05) is 25.5 Å². The molecule has 1 aromatic heterocycles. The van der Waals surface area contributed by atoms with E-state index in [4.69, 9.17) is 9.84 Å². The van der Waals surface area contributed by atoms with Crippen LogP contribution in [0.3, 0.4) is 0 Å². The fourth-order valence-electron chi connectivity index (χ4n) is 3.91. The van der Waals surface area contributed by atoms with Crippen LogP contribution in [-0.4, -0.2) is 52.6 Å². The van der Waals surface area contributed by atoms with Crippen molar-refractivity contribution < 1.29 is 9.53 Å². The molecule has 6 nitrogen and oxygen atoms in total. The van der Waals surface area contributed by atoms with Gasteiger partial charge in [0.05, 0.1) is 11.4 Å². The van der Waals surface area contributed by atoms with Crippen molar-refractivity contribution >= 4 is 11.8 Å². The summed E-state index contributed by atoms with van der Waals surface area (Å²) in [4.78, 5) is 16.6. The third-order valence-corrected chi connectivity index (χ3v) is 5.38. The smallest absolute Gasteiger partial charge is 0.410 e. The van der Waals surface area contributed by atoms with Crippen LogP contribution in [0.15, 0.2) is 30.5 Å². The van der Waals surface area contributed by atoms with Crippen molar-refractivity contribution in [2.45, 2.75) is 52.1 Å². The normalized spacial score (nSPS) is 17.4. The summed E-state index contributed by atoms with van der Waals surface area (Å²) in [7, 11) is 0. The minimum absolute atomic E-state index is 0.233. The highest BCUT2D eigenvalue weighted by Gasteiger charge is 2.25. The molecule has 2 aliphatic rings. The summed E-state index contributed by atoms with van der Waals surface area (Å²) in [6.07, 6.45) is 6.01. The summed E-state index contributed by atoms with van der Waals surface area (Å²) in [5.74, 6) is 0. The molecule has 2 aromatic rings. The van der Waals surface area contributed by atoms with Crippen LogP contribution < -0.4 is 4.90 Å². The largest absolute Gasteiger partial charge is 0.444 e. The molecule has 2 aliphatic heterocycles. The van der Waals surface area contributed by atoms with Crippen molar-refractivity contribution in [1.29, 1.82) is 0 Å². The highest BCUT2D eigenvalue weighted by Crippen LogP contribution is 2.23. The molecule has 150 valence electrons. The summed E-state index contributed by atoms with van der Waals surface area (Å²) >= 11 is 0. The molecule has 3 heterocycles. The molecule has 1 aromatic carbocycles. The Morgan fingerprint density at radius 1 is 0.964 bits per heavy atom. The zero-order valence-electron chi connectivity index (χ0n) is 17.1. The lowest BCUT2D eigenvalue weighted by molar-refractivity contribution is 0.0258. The van der Waals surface area contributed by atoms with Gasteiger partial charge in [-0.3, -0.25) is 0 Å². The van der Waals surface area contributed by atoms with E-state index in [0.717, 1.165) is 37.3 Å². The Labute approximate surface area is 167 Å². The number of hydrogen-bond acceptors (Lipinski definition) is 4. The van der Waals surface area contributed by atoms with Crippen LogP contribution in [0.25, 0.3) is 5.69 Å². The predicted octanol–water partition coefficient (Wildman–Crippen LogP) is 3.81. The van der Waals surface area contributed by atoms with Crippen molar-refractivity contribution in [2.75, 3.05) is 31.1 Å². The second kappa shape index (κ2) is 7.49. The highest BCUT2D eigenvalue weighted by molar-refractivity contribution is 5.68. The average Bonchev–Trinajstić information content (AvgIpc) is 3.27. The molecule has 1 saturated heterocycles. The number of carbonyl (C=O) groups is 1. The van der Waals surface area contributed by atoms with Gasteiger partial charge in [-0.1, -0.05) is 0 Å². The molecule has 0 N–H and O–H groups in total. The van der Waals surface area contributed by atoms with Crippen LogP contribution in [0.1, 0.15) is 44.9 Å². The molecule has 0 atom stereocenters. The van der Waals surface area contributed by atoms with Crippen molar-refractivity contribution in [3.8, 4) is 5.69 Å². The van der Waals surface area contributed by atoms with E-state index in [1.165, 1.54) is 24.1 Å². The van der Waals surface area contributed by atoms with Crippen LogP contribution in [0, 0.1) is 0 Å². The van der Waals surface area contributed by atoms with E-state index in [1.54, 1.807) is 4.90 Å². The summed E-state index contributed by atoms with van der Waals surface area (Å²) in [5.41, 5.74) is 4.21. The number of fused-ring (bicyclic) bond motifs is 1. The van der Waals surface area contributed by atoms with E-state index >= 15 is 0 Å². The fourth-order valence-corrected chi connectivity index (χ4v) is 3.91. The molecular formula is C22H30N4O2. The van der Waals surface area contributed by atoms with E-state index in [-0.39, 0.29) is 6.09 Å². The maximum absolute atomic E-state index is 12.3. The van der Waals surface area contributed by atoms with Gasteiger partial charge in [-0.05, 0) is 69.9 Å². The molecule has 6 heteroatoms. The molecule has 28 heavy (non-hydrogen) atoms. The number of aromatic nitrogens is 2. The van der Waals surface area contributed by atoms with E-state index in [9.17, 15) is 4.79 Å². The maximum atomic E-state index is 12.3. The van der Waals surface area contributed by atoms with Crippen molar-refractivity contribution in [3.63, 3.8) is 0 Å². The zero-order chi connectivity index (χ0) is 19.7.